The highest BCUT2D eigenvalue weighted by Crippen LogP contribution is 2.36. The summed E-state index contributed by atoms with van der Waals surface area (Å²) in [5.41, 5.74) is 0. The minimum atomic E-state index is 0.646. The van der Waals surface area contributed by atoms with Gasteiger partial charge < -0.3 is 10.2 Å². The fraction of sp³-hybridized carbons (Fsp3) is 1.00. The van der Waals surface area contributed by atoms with Gasteiger partial charge in [0.15, 0.2) is 0 Å². The zero-order chi connectivity index (χ0) is 13.5. The van der Waals surface area contributed by atoms with Crippen molar-refractivity contribution < 1.29 is 0 Å². The van der Waals surface area contributed by atoms with Gasteiger partial charge in [0, 0.05) is 12.1 Å². The molecule has 2 fully saturated rings. The Labute approximate surface area is 120 Å². The molecule has 0 aromatic carbocycles. The zero-order valence-electron chi connectivity index (χ0n) is 13.2. The Hall–Kier alpha value is -0.0800. The first-order valence-electron chi connectivity index (χ1n) is 8.75. The van der Waals surface area contributed by atoms with E-state index in [2.05, 4.69) is 24.1 Å². The van der Waals surface area contributed by atoms with E-state index in [0.29, 0.717) is 6.04 Å². The fourth-order valence-corrected chi connectivity index (χ4v) is 4.02. The highest BCUT2D eigenvalue weighted by atomic mass is 15.2. The predicted octanol–water partition coefficient (Wildman–Crippen LogP) is 3.81. The second-order valence-corrected chi connectivity index (χ2v) is 6.96. The first kappa shape index (κ1) is 15.3. The molecular weight excluding hydrogens is 232 g/mol. The van der Waals surface area contributed by atoms with Crippen molar-refractivity contribution in [3.05, 3.63) is 0 Å². The lowest BCUT2D eigenvalue weighted by Gasteiger charge is -2.37. The van der Waals surface area contributed by atoms with Gasteiger partial charge in [-0.3, -0.25) is 0 Å². The van der Waals surface area contributed by atoms with Gasteiger partial charge in [-0.05, 0) is 64.1 Å². The molecule has 2 nitrogen and oxygen atoms in total. The quantitative estimate of drug-likeness (QED) is 0.672. The second-order valence-electron chi connectivity index (χ2n) is 6.96. The van der Waals surface area contributed by atoms with Crippen LogP contribution >= 0.6 is 0 Å². The topological polar surface area (TPSA) is 15.3 Å². The van der Waals surface area contributed by atoms with Crippen molar-refractivity contribution in [3.8, 4) is 0 Å². The lowest BCUT2D eigenvalue weighted by Crippen LogP contribution is -2.42. The van der Waals surface area contributed by atoms with Gasteiger partial charge in [-0.1, -0.05) is 33.1 Å². The molecule has 0 radical (unpaired) electrons. The Morgan fingerprint density at radius 3 is 2.63 bits per heavy atom. The number of piperidine rings is 1. The largest absolute Gasteiger partial charge is 0.315 e. The van der Waals surface area contributed by atoms with Gasteiger partial charge in [0.1, 0.15) is 0 Å². The third-order valence-corrected chi connectivity index (χ3v) is 5.03. The van der Waals surface area contributed by atoms with Crippen molar-refractivity contribution in [3.63, 3.8) is 0 Å². The van der Waals surface area contributed by atoms with Crippen LogP contribution in [-0.2, 0) is 0 Å². The van der Waals surface area contributed by atoms with Crippen molar-refractivity contribution >= 4 is 0 Å². The van der Waals surface area contributed by atoms with E-state index in [-0.39, 0.29) is 0 Å². The molecule has 0 aromatic rings. The molecule has 112 valence electrons. The number of nitrogens with zero attached hydrogens (tertiary/aromatic N) is 1. The average molecular weight is 266 g/mol. The monoisotopic (exact) mass is 266 g/mol. The molecule has 0 aromatic heterocycles. The fourth-order valence-electron chi connectivity index (χ4n) is 4.02. The molecule has 2 rings (SSSR count). The molecule has 0 amide bonds. The van der Waals surface area contributed by atoms with Crippen molar-refractivity contribution in [1.29, 1.82) is 0 Å². The van der Waals surface area contributed by atoms with E-state index >= 15 is 0 Å². The SMILES string of the molecule is CC(C)NCCCCCCN1CCCC2CCCC21. The summed E-state index contributed by atoms with van der Waals surface area (Å²) in [6, 6.07) is 1.61. The maximum absolute atomic E-state index is 3.51. The first-order valence-corrected chi connectivity index (χ1v) is 8.75. The van der Waals surface area contributed by atoms with Gasteiger partial charge in [-0.2, -0.15) is 0 Å². The van der Waals surface area contributed by atoms with E-state index in [0.717, 1.165) is 12.0 Å². The highest BCUT2D eigenvalue weighted by Gasteiger charge is 2.34. The van der Waals surface area contributed by atoms with Gasteiger partial charge in [0.2, 0.25) is 0 Å². The molecule has 19 heavy (non-hydrogen) atoms. The summed E-state index contributed by atoms with van der Waals surface area (Å²) in [5.74, 6) is 1.06. The minimum absolute atomic E-state index is 0.646. The smallest absolute Gasteiger partial charge is 0.0123 e. The maximum atomic E-state index is 3.51. The Bertz CT molecular complexity index is 239. The molecule has 1 aliphatic heterocycles. The van der Waals surface area contributed by atoms with Crippen molar-refractivity contribution in [1.82, 2.24) is 10.2 Å². The number of unbranched alkanes of at least 4 members (excludes halogenated alkanes) is 3. The number of nitrogens with one attached hydrogen (secondary N) is 1. The molecule has 2 unspecified atom stereocenters. The summed E-state index contributed by atoms with van der Waals surface area (Å²) in [7, 11) is 0. The molecule has 2 atom stereocenters. The predicted molar refractivity (Wildman–Crippen MR) is 83.5 cm³/mol. The number of likely N-dealkylation sites (tertiary alicyclic amines) is 1. The molecule has 1 heterocycles. The molecular formula is C17H34N2. The van der Waals surface area contributed by atoms with Crippen LogP contribution in [0.2, 0.25) is 0 Å². The van der Waals surface area contributed by atoms with Gasteiger partial charge in [0.05, 0.1) is 0 Å². The van der Waals surface area contributed by atoms with Gasteiger partial charge in [-0.25, -0.2) is 0 Å². The van der Waals surface area contributed by atoms with E-state index in [1.54, 1.807) is 0 Å². The van der Waals surface area contributed by atoms with Gasteiger partial charge >= 0.3 is 0 Å². The van der Waals surface area contributed by atoms with Crippen molar-refractivity contribution in [2.24, 2.45) is 5.92 Å². The lowest BCUT2D eigenvalue weighted by atomic mass is 9.92. The van der Waals surface area contributed by atoms with E-state index in [1.807, 2.05) is 0 Å². The summed E-state index contributed by atoms with van der Waals surface area (Å²) < 4.78 is 0. The normalized spacial score (nSPS) is 27.9. The van der Waals surface area contributed by atoms with Crippen LogP contribution in [0.1, 0.15) is 71.6 Å². The van der Waals surface area contributed by atoms with Crippen LogP contribution in [0.3, 0.4) is 0 Å². The number of hydrogen-bond donors (Lipinski definition) is 1. The zero-order valence-corrected chi connectivity index (χ0v) is 13.2. The number of fused-ring (bicyclic) bond motifs is 1. The molecule has 2 heteroatoms. The Morgan fingerprint density at radius 2 is 1.79 bits per heavy atom. The molecule has 1 aliphatic carbocycles. The van der Waals surface area contributed by atoms with Crippen molar-refractivity contribution in [2.75, 3.05) is 19.6 Å². The molecule has 0 spiro atoms. The lowest BCUT2D eigenvalue weighted by molar-refractivity contribution is 0.111. The third-order valence-electron chi connectivity index (χ3n) is 5.03. The average Bonchev–Trinajstić information content (AvgIpc) is 2.86. The van der Waals surface area contributed by atoms with Crippen LogP contribution in [0.5, 0.6) is 0 Å². The third kappa shape index (κ3) is 5.07. The van der Waals surface area contributed by atoms with E-state index in [1.165, 1.54) is 77.4 Å². The van der Waals surface area contributed by atoms with E-state index in [4.69, 9.17) is 0 Å². The van der Waals surface area contributed by atoms with E-state index in [9.17, 15) is 0 Å². The molecule has 2 aliphatic rings. The molecule has 1 saturated carbocycles. The summed E-state index contributed by atoms with van der Waals surface area (Å²) in [4.78, 5) is 2.83. The Kier molecular flexibility index (Phi) is 6.66. The number of hydrogen-bond acceptors (Lipinski definition) is 2. The van der Waals surface area contributed by atoms with Gasteiger partial charge in [0.25, 0.3) is 0 Å². The summed E-state index contributed by atoms with van der Waals surface area (Å²) in [6.45, 7) is 8.42. The highest BCUT2D eigenvalue weighted by molar-refractivity contribution is 4.88. The maximum Gasteiger partial charge on any atom is 0.0123 e. The standard InChI is InChI=1S/C17H34N2/c1-15(2)18-12-5-3-4-6-13-19-14-8-10-16-9-7-11-17(16)19/h15-18H,3-14H2,1-2H3. The number of rotatable bonds is 8. The van der Waals surface area contributed by atoms with Crippen LogP contribution in [-0.4, -0.2) is 36.6 Å². The molecule has 0 bridgehead atoms. The first-order chi connectivity index (χ1) is 9.27. The summed E-state index contributed by atoms with van der Waals surface area (Å²) in [6.07, 6.45) is 13.1. The minimum Gasteiger partial charge on any atom is -0.315 e. The second kappa shape index (κ2) is 8.26. The van der Waals surface area contributed by atoms with Crippen LogP contribution in [0.4, 0.5) is 0 Å². The molecule has 1 saturated heterocycles. The Balaban J connectivity index is 1.51. The van der Waals surface area contributed by atoms with Crippen molar-refractivity contribution in [2.45, 2.75) is 83.7 Å². The van der Waals surface area contributed by atoms with Crippen LogP contribution < -0.4 is 5.32 Å². The van der Waals surface area contributed by atoms with Gasteiger partial charge in [-0.15, -0.1) is 0 Å². The Morgan fingerprint density at radius 1 is 1.00 bits per heavy atom. The summed E-state index contributed by atoms with van der Waals surface area (Å²) >= 11 is 0. The van der Waals surface area contributed by atoms with E-state index < -0.39 is 0 Å². The molecule has 1 N–H and O–H groups in total. The van der Waals surface area contributed by atoms with Crippen LogP contribution in [0, 0.1) is 5.92 Å². The summed E-state index contributed by atoms with van der Waals surface area (Å²) in [5, 5.41) is 3.51. The van der Waals surface area contributed by atoms with Crippen LogP contribution in [0.25, 0.3) is 0 Å². The van der Waals surface area contributed by atoms with Crippen LogP contribution in [0.15, 0.2) is 0 Å².